The minimum Gasteiger partial charge on any atom is -0.490 e. The SMILES string of the molecule is O=C(CCOc1ccccc1F)NC(CO)C(=O)O. The second kappa shape index (κ2) is 7.32. The molecule has 7 heteroatoms. The van der Waals surface area contributed by atoms with Crippen LogP contribution in [0.25, 0.3) is 0 Å². The Labute approximate surface area is 108 Å². The molecule has 1 amide bonds. The molecule has 0 saturated heterocycles. The van der Waals surface area contributed by atoms with Gasteiger partial charge in [-0.1, -0.05) is 12.1 Å². The first-order chi connectivity index (χ1) is 9.04. The molecule has 0 aromatic heterocycles. The average Bonchev–Trinajstić information content (AvgIpc) is 2.38. The van der Waals surface area contributed by atoms with Crippen LogP contribution < -0.4 is 10.1 Å². The second-order valence-electron chi connectivity index (χ2n) is 3.67. The third-order valence-electron chi connectivity index (χ3n) is 2.24. The zero-order valence-corrected chi connectivity index (χ0v) is 10.0. The molecule has 19 heavy (non-hydrogen) atoms. The van der Waals surface area contributed by atoms with Crippen LogP contribution in [-0.4, -0.2) is 41.3 Å². The van der Waals surface area contributed by atoms with Gasteiger partial charge in [-0.2, -0.15) is 0 Å². The number of carboxylic acid groups (broad SMARTS) is 1. The maximum absolute atomic E-state index is 13.1. The highest BCUT2D eigenvalue weighted by Crippen LogP contribution is 2.15. The second-order valence-corrected chi connectivity index (χ2v) is 3.67. The summed E-state index contributed by atoms with van der Waals surface area (Å²) < 4.78 is 18.2. The van der Waals surface area contributed by atoms with Crippen LogP contribution in [0, 0.1) is 5.82 Å². The molecule has 1 aromatic carbocycles. The lowest BCUT2D eigenvalue weighted by Gasteiger charge is -2.12. The number of benzene rings is 1. The first-order valence-corrected chi connectivity index (χ1v) is 5.55. The Kier molecular flexibility index (Phi) is 5.74. The number of carbonyl (C=O) groups is 2. The molecule has 0 bridgehead atoms. The number of nitrogens with one attached hydrogen (secondary N) is 1. The van der Waals surface area contributed by atoms with Crippen LogP contribution in [0.2, 0.25) is 0 Å². The van der Waals surface area contributed by atoms with Crippen molar-refractivity contribution >= 4 is 11.9 Å². The van der Waals surface area contributed by atoms with Gasteiger partial charge in [0.1, 0.15) is 6.04 Å². The van der Waals surface area contributed by atoms with E-state index in [1.54, 1.807) is 6.07 Å². The molecule has 1 rings (SSSR count). The van der Waals surface area contributed by atoms with E-state index in [4.69, 9.17) is 14.9 Å². The van der Waals surface area contributed by atoms with E-state index in [-0.39, 0.29) is 18.8 Å². The molecule has 0 saturated carbocycles. The summed E-state index contributed by atoms with van der Waals surface area (Å²) in [4.78, 5) is 21.9. The van der Waals surface area contributed by atoms with Gasteiger partial charge in [0.2, 0.25) is 5.91 Å². The predicted molar refractivity (Wildman–Crippen MR) is 63.2 cm³/mol. The lowest BCUT2D eigenvalue weighted by atomic mass is 10.3. The number of halogens is 1. The van der Waals surface area contributed by atoms with Crippen molar-refractivity contribution in [1.29, 1.82) is 0 Å². The average molecular weight is 271 g/mol. The Morgan fingerprint density at radius 1 is 1.37 bits per heavy atom. The van der Waals surface area contributed by atoms with Crippen molar-refractivity contribution in [3.05, 3.63) is 30.1 Å². The van der Waals surface area contributed by atoms with Crippen molar-refractivity contribution in [2.45, 2.75) is 12.5 Å². The van der Waals surface area contributed by atoms with Gasteiger partial charge in [0.25, 0.3) is 0 Å². The van der Waals surface area contributed by atoms with Gasteiger partial charge in [-0.05, 0) is 12.1 Å². The molecule has 0 spiro atoms. The summed E-state index contributed by atoms with van der Waals surface area (Å²) in [6.07, 6.45) is -0.141. The van der Waals surface area contributed by atoms with Gasteiger partial charge in [-0.15, -0.1) is 0 Å². The smallest absolute Gasteiger partial charge is 0.328 e. The summed E-state index contributed by atoms with van der Waals surface area (Å²) in [5.41, 5.74) is 0. The molecule has 0 radical (unpaired) electrons. The topological polar surface area (TPSA) is 95.9 Å². The summed E-state index contributed by atoms with van der Waals surface area (Å²) >= 11 is 0. The number of rotatable bonds is 7. The molecule has 0 fully saturated rings. The molecule has 1 atom stereocenters. The van der Waals surface area contributed by atoms with Crippen LogP contribution in [0.15, 0.2) is 24.3 Å². The monoisotopic (exact) mass is 271 g/mol. The standard InChI is InChI=1S/C12H14FNO5/c13-8-3-1-2-4-10(8)19-6-5-11(16)14-9(7-15)12(17)18/h1-4,9,15H,5-7H2,(H,14,16)(H,17,18). The van der Waals surface area contributed by atoms with E-state index < -0.39 is 30.3 Å². The fourth-order valence-electron chi connectivity index (χ4n) is 1.27. The van der Waals surface area contributed by atoms with Crippen molar-refractivity contribution < 1.29 is 28.9 Å². The van der Waals surface area contributed by atoms with Crippen LogP contribution in [0.4, 0.5) is 4.39 Å². The quantitative estimate of drug-likeness (QED) is 0.656. The predicted octanol–water partition coefficient (Wildman–Crippen LogP) is 0.156. The van der Waals surface area contributed by atoms with E-state index in [0.717, 1.165) is 0 Å². The highest BCUT2D eigenvalue weighted by atomic mass is 19.1. The lowest BCUT2D eigenvalue weighted by molar-refractivity contribution is -0.143. The first kappa shape index (κ1) is 14.9. The summed E-state index contributed by atoms with van der Waals surface area (Å²) in [7, 11) is 0. The molecule has 0 heterocycles. The summed E-state index contributed by atoms with van der Waals surface area (Å²) in [5.74, 6) is -2.45. The molecule has 1 unspecified atom stereocenters. The van der Waals surface area contributed by atoms with E-state index >= 15 is 0 Å². The molecule has 1 aromatic rings. The van der Waals surface area contributed by atoms with Crippen molar-refractivity contribution in [1.82, 2.24) is 5.32 Å². The van der Waals surface area contributed by atoms with Crippen molar-refractivity contribution in [3.63, 3.8) is 0 Å². The van der Waals surface area contributed by atoms with Crippen LogP contribution in [0.5, 0.6) is 5.75 Å². The van der Waals surface area contributed by atoms with Crippen molar-refractivity contribution in [3.8, 4) is 5.75 Å². The number of ether oxygens (including phenoxy) is 1. The minimum absolute atomic E-state index is 0.0206. The molecular formula is C12H14FNO5. The van der Waals surface area contributed by atoms with Crippen LogP contribution in [-0.2, 0) is 9.59 Å². The van der Waals surface area contributed by atoms with E-state index in [1.807, 2.05) is 0 Å². The number of hydrogen-bond acceptors (Lipinski definition) is 4. The third-order valence-corrected chi connectivity index (χ3v) is 2.24. The lowest BCUT2D eigenvalue weighted by Crippen LogP contribution is -2.43. The molecule has 6 nitrogen and oxygen atoms in total. The zero-order valence-electron chi connectivity index (χ0n) is 10.0. The maximum Gasteiger partial charge on any atom is 0.328 e. The number of aliphatic hydroxyl groups excluding tert-OH is 1. The summed E-state index contributed by atoms with van der Waals surface area (Å²) in [5, 5.41) is 19.4. The van der Waals surface area contributed by atoms with Gasteiger partial charge in [-0.3, -0.25) is 4.79 Å². The molecule has 0 aliphatic heterocycles. The van der Waals surface area contributed by atoms with E-state index in [1.165, 1.54) is 18.2 Å². The van der Waals surface area contributed by atoms with Gasteiger partial charge >= 0.3 is 5.97 Å². The van der Waals surface area contributed by atoms with Crippen LogP contribution >= 0.6 is 0 Å². The maximum atomic E-state index is 13.1. The highest BCUT2D eigenvalue weighted by Gasteiger charge is 2.18. The van der Waals surface area contributed by atoms with Crippen LogP contribution in [0.1, 0.15) is 6.42 Å². The Hall–Kier alpha value is -2.15. The van der Waals surface area contributed by atoms with Gasteiger partial charge in [0.05, 0.1) is 19.6 Å². The summed E-state index contributed by atoms with van der Waals surface area (Å²) in [6, 6.07) is 4.39. The van der Waals surface area contributed by atoms with E-state index in [9.17, 15) is 14.0 Å². The Balaban J connectivity index is 2.35. The van der Waals surface area contributed by atoms with Crippen molar-refractivity contribution in [2.24, 2.45) is 0 Å². The Morgan fingerprint density at radius 3 is 2.63 bits per heavy atom. The van der Waals surface area contributed by atoms with Crippen LogP contribution in [0.3, 0.4) is 0 Å². The van der Waals surface area contributed by atoms with Gasteiger partial charge in [0, 0.05) is 0 Å². The third kappa shape index (κ3) is 4.92. The fourth-order valence-corrected chi connectivity index (χ4v) is 1.27. The molecular weight excluding hydrogens is 257 g/mol. The van der Waals surface area contributed by atoms with E-state index in [0.29, 0.717) is 0 Å². The number of carbonyl (C=O) groups excluding carboxylic acids is 1. The van der Waals surface area contributed by atoms with Crippen molar-refractivity contribution in [2.75, 3.05) is 13.2 Å². The van der Waals surface area contributed by atoms with Gasteiger partial charge in [0.15, 0.2) is 11.6 Å². The minimum atomic E-state index is -1.35. The Bertz CT molecular complexity index is 452. The van der Waals surface area contributed by atoms with Gasteiger partial charge < -0.3 is 20.3 Å². The number of amides is 1. The van der Waals surface area contributed by atoms with Gasteiger partial charge in [-0.25, -0.2) is 9.18 Å². The molecule has 104 valence electrons. The first-order valence-electron chi connectivity index (χ1n) is 5.55. The number of carboxylic acids is 1. The molecule has 0 aliphatic carbocycles. The molecule has 3 N–H and O–H groups in total. The Morgan fingerprint density at radius 2 is 2.05 bits per heavy atom. The highest BCUT2D eigenvalue weighted by molar-refractivity contribution is 5.83. The molecule has 0 aliphatic rings. The zero-order chi connectivity index (χ0) is 14.3. The largest absolute Gasteiger partial charge is 0.490 e. The normalized spacial score (nSPS) is 11.7. The number of aliphatic hydroxyl groups is 1. The fraction of sp³-hybridized carbons (Fsp3) is 0.333. The number of para-hydroxylation sites is 1. The summed E-state index contributed by atoms with van der Waals surface area (Å²) in [6.45, 7) is -0.792. The number of hydrogen-bond donors (Lipinski definition) is 3. The number of aliphatic carboxylic acids is 1. The van der Waals surface area contributed by atoms with E-state index in [2.05, 4.69) is 5.32 Å².